The van der Waals surface area contributed by atoms with Crippen LogP contribution in [0.25, 0.3) is 0 Å². The average Bonchev–Trinajstić information content (AvgIpc) is 2.47. The number of ether oxygens (including phenoxy) is 1. The van der Waals surface area contributed by atoms with Crippen LogP contribution < -0.4 is 9.46 Å². The first-order valence-electron chi connectivity index (χ1n) is 7.54. The van der Waals surface area contributed by atoms with Gasteiger partial charge in [-0.1, -0.05) is 44.9 Å². The van der Waals surface area contributed by atoms with Gasteiger partial charge in [0.1, 0.15) is 5.75 Å². The van der Waals surface area contributed by atoms with Crippen LogP contribution in [0, 0.1) is 0 Å². The Labute approximate surface area is 132 Å². The van der Waals surface area contributed by atoms with Crippen molar-refractivity contribution < 1.29 is 17.9 Å². The molecule has 22 heavy (non-hydrogen) atoms. The zero-order valence-electron chi connectivity index (χ0n) is 13.1. The van der Waals surface area contributed by atoms with E-state index in [-0.39, 0.29) is 0 Å². The van der Waals surface area contributed by atoms with E-state index in [9.17, 15) is 13.2 Å². The number of carbonyl (C=O) groups excluding carboxylic acids is 1. The number of para-hydroxylation sites is 1. The third-order valence-corrected chi connectivity index (χ3v) is 4.50. The van der Waals surface area contributed by atoms with Crippen molar-refractivity contribution in [3.8, 4) is 5.75 Å². The molecule has 0 saturated heterocycles. The predicted molar refractivity (Wildman–Crippen MR) is 85.9 cm³/mol. The molecule has 1 N–H and O–H groups in total. The summed E-state index contributed by atoms with van der Waals surface area (Å²) < 4.78 is 32.7. The van der Waals surface area contributed by atoms with E-state index in [1.165, 1.54) is 4.31 Å². The molecular weight excluding hydrogens is 304 g/mol. The van der Waals surface area contributed by atoms with Crippen LogP contribution in [0.2, 0.25) is 0 Å². The number of nitrogens with one attached hydrogen (secondary N) is 1. The topological polar surface area (TPSA) is 75.7 Å². The Morgan fingerprint density at radius 2 is 1.64 bits per heavy atom. The summed E-state index contributed by atoms with van der Waals surface area (Å²) in [6.45, 7) is 4.76. The first-order valence-corrected chi connectivity index (χ1v) is 8.98. The largest absolute Gasteiger partial charge is 0.427 e. The van der Waals surface area contributed by atoms with Gasteiger partial charge in [-0.3, -0.25) is 0 Å². The maximum absolute atomic E-state index is 12.3. The fourth-order valence-electron chi connectivity index (χ4n) is 1.81. The summed E-state index contributed by atoms with van der Waals surface area (Å²) in [5.41, 5.74) is 0. The summed E-state index contributed by atoms with van der Waals surface area (Å²) in [5.74, 6) is 0.295. The van der Waals surface area contributed by atoms with Gasteiger partial charge in [0.15, 0.2) is 0 Å². The van der Waals surface area contributed by atoms with E-state index in [1.54, 1.807) is 30.3 Å². The zero-order chi connectivity index (χ0) is 16.4. The second-order valence-electron chi connectivity index (χ2n) is 4.92. The van der Waals surface area contributed by atoms with Gasteiger partial charge in [-0.15, -0.1) is 0 Å². The van der Waals surface area contributed by atoms with Crippen molar-refractivity contribution in [1.82, 2.24) is 9.03 Å². The van der Waals surface area contributed by atoms with Crippen molar-refractivity contribution in [3.05, 3.63) is 30.3 Å². The quantitative estimate of drug-likeness (QED) is 0.756. The third-order valence-electron chi connectivity index (χ3n) is 3.03. The molecule has 0 aliphatic rings. The SMILES string of the molecule is CCCCN(CCCC)S(=O)(=O)NC(=O)Oc1ccccc1. The smallest absolute Gasteiger partial charge is 0.410 e. The number of rotatable bonds is 9. The van der Waals surface area contributed by atoms with Crippen molar-refractivity contribution in [3.63, 3.8) is 0 Å². The number of hydrogen-bond acceptors (Lipinski definition) is 4. The Morgan fingerprint density at radius 1 is 1.09 bits per heavy atom. The summed E-state index contributed by atoms with van der Waals surface area (Å²) in [4.78, 5) is 11.7. The highest BCUT2D eigenvalue weighted by atomic mass is 32.2. The van der Waals surface area contributed by atoms with Crippen LogP contribution in [-0.4, -0.2) is 31.9 Å². The first-order chi connectivity index (χ1) is 10.5. The van der Waals surface area contributed by atoms with E-state index in [0.717, 1.165) is 25.7 Å². The zero-order valence-corrected chi connectivity index (χ0v) is 13.9. The Morgan fingerprint density at radius 3 is 2.14 bits per heavy atom. The molecule has 0 unspecified atom stereocenters. The van der Waals surface area contributed by atoms with E-state index in [1.807, 2.05) is 18.6 Å². The number of benzene rings is 1. The van der Waals surface area contributed by atoms with E-state index in [2.05, 4.69) is 0 Å². The minimum atomic E-state index is -3.88. The van der Waals surface area contributed by atoms with E-state index >= 15 is 0 Å². The Kier molecular flexibility index (Phi) is 7.90. The Balaban J connectivity index is 2.66. The molecule has 6 nitrogen and oxygen atoms in total. The van der Waals surface area contributed by atoms with Gasteiger partial charge in [0, 0.05) is 13.1 Å². The lowest BCUT2D eigenvalue weighted by Gasteiger charge is -2.21. The van der Waals surface area contributed by atoms with Crippen molar-refractivity contribution in [2.75, 3.05) is 13.1 Å². The molecule has 7 heteroatoms. The second-order valence-corrected chi connectivity index (χ2v) is 6.59. The molecule has 1 amide bonds. The first kappa shape index (κ1) is 18.4. The van der Waals surface area contributed by atoms with Gasteiger partial charge in [-0.05, 0) is 25.0 Å². The van der Waals surface area contributed by atoms with Crippen LogP contribution in [0.3, 0.4) is 0 Å². The highest BCUT2D eigenvalue weighted by Gasteiger charge is 2.24. The van der Waals surface area contributed by atoms with E-state index in [4.69, 9.17) is 4.74 Å². The molecule has 0 fully saturated rings. The number of amides is 1. The number of carbonyl (C=O) groups is 1. The lowest BCUT2D eigenvalue weighted by atomic mass is 10.3. The van der Waals surface area contributed by atoms with Crippen molar-refractivity contribution >= 4 is 16.3 Å². The predicted octanol–water partition coefficient (Wildman–Crippen LogP) is 2.92. The van der Waals surface area contributed by atoms with Crippen molar-refractivity contribution in [2.45, 2.75) is 39.5 Å². The molecule has 0 aromatic heterocycles. The summed E-state index contributed by atoms with van der Waals surface area (Å²) in [7, 11) is -3.88. The van der Waals surface area contributed by atoms with Gasteiger partial charge >= 0.3 is 16.3 Å². The van der Waals surface area contributed by atoms with Gasteiger partial charge in [0.05, 0.1) is 0 Å². The molecule has 1 aromatic rings. The Hall–Kier alpha value is -1.60. The number of nitrogens with zero attached hydrogens (tertiary/aromatic N) is 1. The second kappa shape index (κ2) is 9.42. The Bertz CT molecular complexity index is 538. The highest BCUT2D eigenvalue weighted by molar-refractivity contribution is 7.87. The van der Waals surface area contributed by atoms with Crippen LogP contribution in [0.15, 0.2) is 30.3 Å². The summed E-state index contributed by atoms with van der Waals surface area (Å²) in [6, 6.07) is 8.34. The van der Waals surface area contributed by atoms with Gasteiger partial charge in [0.25, 0.3) is 0 Å². The molecular formula is C15H24N2O4S. The molecule has 0 aliphatic carbocycles. The van der Waals surface area contributed by atoms with Gasteiger partial charge in [-0.2, -0.15) is 12.7 Å². The maximum atomic E-state index is 12.3. The van der Waals surface area contributed by atoms with E-state index < -0.39 is 16.3 Å². The van der Waals surface area contributed by atoms with Crippen molar-refractivity contribution in [2.24, 2.45) is 0 Å². The minimum absolute atomic E-state index is 0.295. The third kappa shape index (κ3) is 6.44. The molecule has 0 saturated carbocycles. The number of unbranched alkanes of at least 4 members (excludes halogenated alkanes) is 2. The molecule has 0 spiro atoms. The van der Waals surface area contributed by atoms with Crippen molar-refractivity contribution in [1.29, 1.82) is 0 Å². The van der Waals surface area contributed by atoms with Crippen LogP contribution in [0.5, 0.6) is 5.75 Å². The standard InChI is InChI=1S/C15H24N2O4S/c1-3-5-12-17(13-6-4-2)22(19,20)16-15(18)21-14-10-8-7-9-11-14/h7-11H,3-6,12-13H2,1-2H3,(H,16,18). The minimum Gasteiger partial charge on any atom is -0.410 e. The molecule has 1 rings (SSSR count). The van der Waals surface area contributed by atoms with Crippen LogP contribution in [-0.2, 0) is 10.2 Å². The molecule has 0 atom stereocenters. The van der Waals surface area contributed by atoms with Gasteiger partial charge in [-0.25, -0.2) is 9.52 Å². The van der Waals surface area contributed by atoms with Gasteiger partial charge in [0.2, 0.25) is 0 Å². The summed E-state index contributed by atoms with van der Waals surface area (Å²) >= 11 is 0. The average molecular weight is 328 g/mol. The number of hydrogen-bond donors (Lipinski definition) is 1. The maximum Gasteiger partial charge on any atom is 0.427 e. The fourth-order valence-corrected chi connectivity index (χ4v) is 2.93. The summed E-state index contributed by atoms with van der Waals surface area (Å²) in [6.07, 6.45) is 2.26. The van der Waals surface area contributed by atoms with Crippen LogP contribution >= 0.6 is 0 Å². The highest BCUT2D eigenvalue weighted by Crippen LogP contribution is 2.09. The lowest BCUT2D eigenvalue weighted by Crippen LogP contribution is -2.45. The molecule has 1 aromatic carbocycles. The van der Waals surface area contributed by atoms with Gasteiger partial charge < -0.3 is 4.74 Å². The molecule has 0 bridgehead atoms. The van der Waals surface area contributed by atoms with E-state index in [0.29, 0.717) is 18.8 Å². The van der Waals surface area contributed by atoms with Crippen LogP contribution in [0.1, 0.15) is 39.5 Å². The molecule has 124 valence electrons. The molecule has 0 aliphatic heterocycles. The van der Waals surface area contributed by atoms with Crippen LogP contribution in [0.4, 0.5) is 4.79 Å². The summed E-state index contributed by atoms with van der Waals surface area (Å²) in [5, 5.41) is 0. The fraction of sp³-hybridized carbons (Fsp3) is 0.533. The normalized spacial score (nSPS) is 11.4. The lowest BCUT2D eigenvalue weighted by molar-refractivity contribution is 0.206. The monoisotopic (exact) mass is 328 g/mol. The molecule has 0 heterocycles. The molecule has 0 radical (unpaired) electrons.